The van der Waals surface area contributed by atoms with Crippen LogP contribution in [0, 0.1) is 6.92 Å². The van der Waals surface area contributed by atoms with E-state index >= 15 is 0 Å². The number of pyridine rings is 1. The van der Waals surface area contributed by atoms with E-state index in [0.29, 0.717) is 54.8 Å². The van der Waals surface area contributed by atoms with Gasteiger partial charge in [0.1, 0.15) is 5.65 Å². The molecule has 4 heterocycles. The van der Waals surface area contributed by atoms with Gasteiger partial charge in [0, 0.05) is 51.1 Å². The molecule has 0 atom stereocenters. The van der Waals surface area contributed by atoms with Crippen LogP contribution in [0.3, 0.4) is 0 Å². The van der Waals surface area contributed by atoms with E-state index in [2.05, 4.69) is 15.0 Å². The lowest BCUT2D eigenvalue weighted by Crippen LogP contribution is -2.48. The summed E-state index contributed by atoms with van der Waals surface area (Å²) in [5, 5.41) is 4.25. The number of aromatic nitrogens is 3. The van der Waals surface area contributed by atoms with Gasteiger partial charge in [0.2, 0.25) is 5.76 Å². The lowest BCUT2D eigenvalue weighted by atomic mass is 10.2. The molecule has 1 saturated heterocycles. The summed E-state index contributed by atoms with van der Waals surface area (Å²) in [6.45, 7) is 4.89. The third-order valence-electron chi connectivity index (χ3n) is 4.56. The largest absolute Gasteiger partial charge is 0.351 e. The fraction of sp³-hybridized carbons (Fsp3) is 0.333. The number of carbonyl (C=O) groups excluding carboxylic acids is 1. The summed E-state index contributed by atoms with van der Waals surface area (Å²) >= 11 is 5.93. The third kappa shape index (κ3) is 3.72. The van der Waals surface area contributed by atoms with Gasteiger partial charge >= 0.3 is 0 Å². The van der Waals surface area contributed by atoms with Crippen molar-refractivity contribution in [1.29, 1.82) is 0 Å². The summed E-state index contributed by atoms with van der Waals surface area (Å²) in [6.07, 6.45) is 1.56. The predicted octanol–water partition coefficient (Wildman–Crippen LogP) is 1.60. The molecule has 1 amide bonds. The van der Waals surface area contributed by atoms with Crippen LogP contribution in [0.25, 0.3) is 5.65 Å². The van der Waals surface area contributed by atoms with Gasteiger partial charge in [0.15, 0.2) is 0 Å². The van der Waals surface area contributed by atoms with E-state index in [1.165, 1.54) is 10.5 Å². The van der Waals surface area contributed by atoms with E-state index in [1.807, 2.05) is 0 Å². The molecule has 0 aliphatic carbocycles. The first-order chi connectivity index (χ1) is 13.0. The molecule has 0 radical (unpaired) electrons. The number of halogens is 1. The molecule has 27 heavy (non-hydrogen) atoms. The molecule has 1 aliphatic heterocycles. The average molecular weight is 388 g/mol. The highest BCUT2D eigenvalue weighted by Crippen LogP contribution is 2.13. The molecule has 0 unspecified atom stereocenters. The van der Waals surface area contributed by atoms with Crippen molar-refractivity contribution in [3.05, 3.63) is 63.0 Å². The maximum atomic E-state index is 12.4. The first-order valence-corrected chi connectivity index (χ1v) is 9.00. The Morgan fingerprint density at radius 2 is 2.00 bits per heavy atom. The SMILES string of the molecule is Cc1cc(C(=O)N2CCN(Cc3cc(=O)n4cc(Cl)ccc4n3)CC2)on1. The number of amides is 1. The fourth-order valence-electron chi connectivity index (χ4n) is 3.17. The van der Waals surface area contributed by atoms with Crippen LogP contribution in [-0.2, 0) is 6.54 Å². The number of carbonyl (C=O) groups is 1. The second-order valence-electron chi connectivity index (χ2n) is 6.56. The molecule has 1 fully saturated rings. The van der Waals surface area contributed by atoms with Crippen molar-refractivity contribution in [3.8, 4) is 0 Å². The smallest absolute Gasteiger partial charge is 0.292 e. The lowest BCUT2D eigenvalue weighted by molar-refractivity contribution is 0.0587. The monoisotopic (exact) mass is 387 g/mol. The first kappa shape index (κ1) is 17.7. The molecule has 3 aromatic heterocycles. The maximum Gasteiger partial charge on any atom is 0.292 e. The number of aryl methyl sites for hydroxylation is 1. The molecule has 0 saturated carbocycles. The van der Waals surface area contributed by atoms with Gasteiger partial charge in [-0.15, -0.1) is 0 Å². The van der Waals surface area contributed by atoms with Gasteiger partial charge in [-0.05, 0) is 19.1 Å². The van der Waals surface area contributed by atoms with Crippen molar-refractivity contribution in [1.82, 2.24) is 24.3 Å². The van der Waals surface area contributed by atoms with Crippen molar-refractivity contribution < 1.29 is 9.32 Å². The molecule has 8 nitrogen and oxygen atoms in total. The van der Waals surface area contributed by atoms with Crippen molar-refractivity contribution in [2.45, 2.75) is 13.5 Å². The van der Waals surface area contributed by atoms with E-state index in [4.69, 9.17) is 16.1 Å². The Hall–Kier alpha value is -2.71. The molecule has 140 valence electrons. The first-order valence-electron chi connectivity index (χ1n) is 8.62. The summed E-state index contributed by atoms with van der Waals surface area (Å²) in [4.78, 5) is 33.1. The number of hydrogen-bond acceptors (Lipinski definition) is 6. The highest BCUT2D eigenvalue weighted by Gasteiger charge is 2.25. The zero-order valence-electron chi connectivity index (χ0n) is 14.8. The van der Waals surface area contributed by atoms with Crippen LogP contribution >= 0.6 is 11.6 Å². The van der Waals surface area contributed by atoms with Crippen molar-refractivity contribution in [3.63, 3.8) is 0 Å². The number of piperazine rings is 1. The Labute approximate surface area is 159 Å². The molecule has 0 bridgehead atoms. The maximum absolute atomic E-state index is 12.4. The molecule has 3 aromatic rings. The quantitative estimate of drug-likeness (QED) is 0.678. The molecule has 0 spiro atoms. The van der Waals surface area contributed by atoms with E-state index in [1.54, 1.807) is 36.2 Å². The Morgan fingerprint density at radius 3 is 2.70 bits per heavy atom. The second kappa shape index (κ2) is 7.13. The zero-order chi connectivity index (χ0) is 19.0. The van der Waals surface area contributed by atoms with Gasteiger partial charge in [-0.2, -0.15) is 0 Å². The summed E-state index contributed by atoms with van der Waals surface area (Å²) in [6, 6.07) is 6.61. The zero-order valence-corrected chi connectivity index (χ0v) is 15.5. The van der Waals surface area contributed by atoms with E-state index in [-0.39, 0.29) is 17.2 Å². The highest BCUT2D eigenvalue weighted by molar-refractivity contribution is 6.30. The van der Waals surface area contributed by atoms with Crippen LogP contribution in [0.2, 0.25) is 5.02 Å². The van der Waals surface area contributed by atoms with E-state index in [9.17, 15) is 9.59 Å². The molecule has 9 heteroatoms. The second-order valence-corrected chi connectivity index (χ2v) is 7.00. The van der Waals surface area contributed by atoms with Gasteiger partial charge < -0.3 is 9.42 Å². The van der Waals surface area contributed by atoms with Crippen LogP contribution in [0.15, 0.2) is 39.8 Å². The van der Waals surface area contributed by atoms with E-state index < -0.39 is 0 Å². The minimum atomic E-state index is -0.160. The van der Waals surface area contributed by atoms with Crippen LogP contribution < -0.4 is 5.56 Å². The summed E-state index contributed by atoms with van der Waals surface area (Å²) in [5.41, 5.74) is 1.79. The molecular formula is C18H18ClN5O3. The normalized spacial score (nSPS) is 15.4. The van der Waals surface area contributed by atoms with Crippen LogP contribution in [0.5, 0.6) is 0 Å². The van der Waals surface area contributed by atoms with Crippen molar-refractivity contribution in [2.75, 3.05) is 26.2 Å². The van der Waals surface area contributed by atoms with Gasteiger partial charge in [0.25, 0.3) is 11.5 Å². The number of hydrogen-bond donors (Lipinski definition) is 0. The van der Waals surface area contributed by atoms with Gasteiger partial charge in [-0.25, -0.2) is 4.98 Å². The van der Waals surface area contributed by atoms with E-state index in [0.717, 1.165) is 0 Å². The lowest BCUT2D eigenvalue weighted by Gasteiger charge is -2.33. The summed E-state index contributed by atoms with van der Waals surface area (Å²) in [7, 11) is 0. The van der Waals surface area contributed by atoms with Gasteiger partial charge in [-0.1, -0.05) is 16.8 Å². The Balaban J connectivity index is 1.42. The molecule has 0 N–H and O–H groups in total. The summed E-state index contributed by atoms with van der Waals surface area (Å²) in [5.74, 6) is 0.123. The minimum Gasteiger partial charge on any atom is -0.351 e. The topological polar surface area (TPSA) is 84.0 Å². The molecule has 0 aromatic carbocycles. The minimum absolute atomic E-state index is 0.144. The molecular weight excluding hydrogens is 370 g/mol. The molecule has 1 aliphatic rings. The predicted molar refractivity (Wildman–Crippen MR) is 98.9 cm³/mol. The Bertz CT molecular complexity index is 1050. The Kier molecular flexibility index (Phi) is 4.67. The Morgan fingerprint density at radius 1 is 1.22 bits per heavy atom. The van der Waals surface area contributed by atoms with Crippen LogP contribution in [0.1, 0.15) is 21.9 Å². The molecule has 4 rings (SSSR count). The highest BCUT2D eigenvalue weighted by atomic mass is 35.5. The number of rotatable bonds is 3. The number of fused-ring (bicyclic) bond motifs is 1. The van der Waals surface area contributed by atoms with Crippen molar-refractivity contribution in [2.24, 2.45) is 0 Å². The van der Waals surface area contributed by atoms with Gasteiger partial charge in [-0.3, -0.25) is 18.9 Å². The van der Waals surface area contributed by atoms with Crippen LogP contribution in [-0.4, -0.2) is 56.4 Å². The van der Waals surface area contributed by atoms with Crippen LogP contribution in [0.4, 0.5) is 0 Å². The summed E-state index contributed by atoms with van der Waals surface area (Å²) < 4.78 is 6.49. The van der Waals surface area contributed by atoms with Gasteiger partial charge in [0.05, 0.1) is 16.4 Å². The van der Waals surface area contributed by atoms with Crippen molar-refractivity contribution >= 4 is 23.2 Å². The fourth-order valence-corrected chi connectivity index (χ4v) is 3.33. The average Bonchev–Trinajstić information content (AvgIpc) is 3.09. The number of nitrogens with zero attached hydrogens (tertiary/aromatic N) is 5. The standard InChI is InChI=1S/C18H18ClN5O3/c1-12-8-15(27-21-12)18(26)23-6-4-22(5-7-23)11-14-9-17(25)24-10-13(19)2-3-16(24)20-14/h2-3,8-10H,4-7,11H2,1H3. The third-order valence-corrected chi connectivity index (χ3v) is 4.78.